The van der Waals surface area contributed by atoms with E-state index in [2.05, 4.69) is 9.97 Å². The second-order valence-electron chi connectivity index (χ2n) is 4.92. The summed E-state index contributed by atoms with van der Waals surface area (Å²) in [6, 6.07) is 5.87. The molecule has 3 aromatic rings. The number of methoxy groups -OCH3 is 1. The minimum absolute atomic E-state index is 0.137. The van der Waals surface area contributed by atoms with Crippen molar-refractivity contribution in [2.75, 3.05) is 13.4 Å². The summed E-state index contributed by atoms with van der Waals surface area (Å²) < 4.78 is 42.9. The molecule has 0 amide bonds. The Hall–Kier alpha value is -2.39. The minimum Gasteiger partial charge on any atom is -0.465 e. The van der Waals surface area contributed by atoms with E-state index in [9.17, 15) is 17.6 Å². The number of hydrogen-bond acceptors (Lipinski definition) is 7. The van der Waals surface area contributed by atoms with Gasteiger partial charge in [0.15, 0.2) is 0 Å². The molecule has 2 heterocycles. The van der Waals surface area contributed by atoms with Gasteiger partial charge in [-0.05, 0) is 6.07 Å². The van der Waals surface area contributed by atoms with Crippen LogP contribution in [0, 0.1) is 5.82 Å². The van der Waals surface area contributed by atoms with Crippen molar-refractivity contribution >= 4 is 37.4 Å². The minimum atomic E-state index is -3.65. The average molecular weight is 366 g/mol. The molecule has 0 saturated carbocycles. The molecule has 3 rings (SSSR count). The molecule has 124 valence electrons. The van der Waals surface area contributed by atoms with E-state index in [0.29, 0.717) is 4.70 Å². The number of carbonyl (C=O) groups excluding carboxylic acids is 1. The Morgan fingerprint density at radius 2 is 2.00 bits per heavy atom. The lowest BCUT2D eigenvalue weighted by Gasteiger charge is -2.05. The van der Waals surface area contributed by atoms with E-state index in [-0.39, 0.29) is 26.7 Å². The van der Waals surface area contributed by atoms with Gasteiger partial charge in [0.25, 0.3) is 0 Å². The van der Waals surface area contributed by atoms with E-state index in [1.54, 1.807) is 6.07 Å². The highest BCUT2D eigenvalue weighted by Gasteiger charge is 2.25. The van der Waals surface area contributed by atoms with E-state index < -0.39 is 21.6 Å². The second-order valence-corrected chi connectivity index (χ2v) is 7.88. The summed E-state index contributed by atoms with van der Waals surface area (Å²) >= 11 is 1.02. The highest BCUT2D eigenvalue weighted by Crippen LogP contribution is 2.39. The number of nitrogens with zero attached hydrogens (tertiary/aromatic N) is 2. The SMILES string of the molecule is COC(=O)c1sc2cnc(S(C)(=O)=O)nc2c1-c1ccccc1F. The molecule has 0 aliphatic carbocycles. The number of sulfone groups is 1. The monoisotopic (exact) mass is 366 g/mol. The van der Waals surface area contributed by atoms with Crippen LogP contribution in [0.3, 0.4) is 0 Å². The van der Waals surface area contributed by atoms with Crippen LogP contribution in [0.5, 0.6) is 0 Å². The molecule has 0 aliphatic heterocycles. The number of rotatable bonds is 3. The van der Waals surface area contributed by atoms with Crippen molar-refractivity contribution in [2.45, 2.75) is 5.16 Å². The lowest BCUT2D eigenvalue weighted by molar-refractivity contribution is 0.0607. The van der Waals surface area contributed by atoms with Crippen LogP contribution in [0.2, 0.25) is 0 Å². The van der Waals surface area contributed by atoms with Gasteiger partial charge in [-0.25, -0.2) is 27.6 Å². The van der Waals surface area contributed by atoms with Gasteiger partial charge in [0.05, 0.1) is 17.3 Å². The average Bonchev–Trinajstić information content (AvgIpc) is 2.92. The van der Waals surface area contributed by atoms with Crippen molar-refractivity contribution in [3.05, 3.63) is 41.2 Å². The van der Waals surface area contributed by atoms with Gasteiger partial charge in [-0.2, -0.15) is 0 Å². The molecule has 0 radical (unpaired) electrons. The molecule has 0 aliphatic rings. The smallest absolute Gasteiger partial charge is 0.348 e. The van der Waals surface area contributed by atoms with E-state index >= 15 is 0 Å². The van der Waals surface area contributed by atoms with Gasteiger partial charge in [0, 0.05) is 23.6 Å². The fourth-order valence-corrected chi connectivity index (χ4v) is 3.75. The van der Waals surface area contributed by atoms with Gasteiger partial charge >= 0.3 is 5.97 Å². The maximum atomic E-state index is 14.3. The number of esters is 1. The van der Waals surface area contributed by atoms with E-state index in [1.807, 2.05) is 0 Å². The molecular formula is C15H11FN2O4S2. The van der Waals surface area contributed by atoms with Crippen LogP contribution in [0.15, 0.2) is 35.6 Å². The summed E-state index contributed by atoms with van der Waals surface area (Å²) in [6.45, 7) is 0. The molecule has 24 heavy (non-hydrogen) atoms. The predicted octanol–water partition coefficient (Wildman–Crippen LogP) is 2.69. The molecule has 6 nitrogen and oxygen atoms in total. The largest absolute Gasteiger partial charge is 0.465 e. The molecule has 2 aromatic heterocycles. The van der Waals surface area contributed by atoms with Gasteiger partial charge < -0.3 is 4.74 Å². The first-order valence-corrected chi connectivity index (χ1v) is 9.36. The van der Waals surface area contributed by atoms with Crippen LogP contribution in [0.25, 0.3) is 21.3 Å². The summed E-state index contributed by atoms with van der Waals surface area (Å²) in [7, 11) is -2.43. The van der Waals surface area contributed by atoms with Crippen LogP contribution in [-0.2, 0) is 14.6 Å². The van der Waals surface area contributed by atoms with Gasteiger partial charge in [-0.15, -0.1) is 11.3 Å². The highest BCUT2D eigenvalue weighted by molar-refractivity contribution is 7.90. The molecule has 0 unspecified atom stereocenters. The van der Waals surface area contributed by atoms with Crippen molar-refractivity contribution in [2.24, 2.45) is 0 Å². The van der Waals surface area contributed by atoms with Crippen molar-refractivity contribution in [1.82, 2.24) is 9.97 Å². The number of halogens is 1. The molecular weight excluding hydrogens is 355 g/mol. The highest BCUT2D eigenvalue weighted by atomic mass is 32.2. The summed E-state index contributed by atoms with van der Waals surface area (Å²) in [5, 5.41) is -0.387. The fraction of sp³-hybridized carbons (Fsp3) is 0.133. The zero-order valence-electron chi connectivity index (χ0n) is 12.6. The van der Waals surface area contributed by atoms with E-state index in [4.69, 9.17) is 4.74 Å². The van der Waals surface area contributed by atoms with Crippen molar-refractivity contribution in [1.29, 1.82) is 0 Å². The molecule has 0 atom stereocenters. The number of hydrogen-bond donors (Lipinski definition) is 0. The number of aromatic nitrogens is 2. The quantitative estimate of drug-likeness (QED) is 0.523. The Kier molecular flexibility index (Phi) is 4.06. The van der Waals surface area contributed by atoms with Crippen molar-refractivity contribution in [3.63, 3.8) is 0 Å². The first-order chi connectivity index (χ1) is 11.3. The Morgan fingerprint density at radius 3 is 2.62 bits per heavy atom. The van der Waals surface area contributed by atoms with Gasteiger partial charge in [-0.1, -0.05) is 18.2 Å². The first kappa shape index (κ1) is 16.5. The molecule has 1 aromatic carbocycles. The second kappa shape index (κ2) is 5.91. The summed E-state index contributed by atoms with van der Waals surface area (Å²) in [5.41, 5.74) is 0.537. The maximum Gasteiger partial charge on any atom is 0.348 e. The Labute approximate surface area is 140 Å². The predicted molar refractivity (Wildman–Crippen MR) is 87.3 cm³/mol. The molecule has 0 bridgehead atoms. The Balaban J connectivity index is 2.42. The van der Waals surface area contributed by atoms with Crippen molar-refractivity contribution < 1.29 is 22.3 Å². The topological polar surface area (TPSA) is 86.2 Å². The maximum absolute atomic E-state index is 14.3. The zero-order chi connectivity index (χ0) is 17.5. The Bertz CT molecular complexity index is 1060. The summed E-state index contributed by atoms with van der Waals surface area (Å²) in [5.74, 6) is -1.21. The van der Waals surface area contributed by atoms with Crippen LogP contribution in [0.4, 0.5) is 4.39 Å². The molecule has 0 fully saturated rings. The van der Waals surface area contributed by atoms with Crippen LogP contribution in [0.1, 0.15) is 9.67 Å². The standard InChI is InChI=1S/C15H11FN2O4S2/c1-22-14(19)13-11(8-5-3-4-6-9(8)16)12-10(23-13)7-17-15(18-12)24(2,20)21/h3-7H,1-2H3. The van der Waals surface area contributed by atoms with E-state index in [0.717, 1.165) is 17.6 Å². The van der Waals surface area contributed by atoms with Gasteiger partial charge in [-0.3, -0.25) is 0 Å². The number of thiophene rings is 1. The number of benzene rings is 1. The number of fused-ring (bicyclic) bond motifs is 1. The molecule has 9 heteroatoms. The summed E-state index contributed by atoms with van der Waals surface area (Å²) in [4.78, 5) is 20.0. The fourth-order valence-electron chi connectivity index (χ4n) is 2.21. The number of ether oxygens (including phenoxy) is 1. The lowest BCUT2D eigenvalue weighted by atomic mass is 10.0. The third-order valence-electron chi connectivity index (χ3n) is 3.25. The van der Waals surface area contributed by atoms with Crippen LogP contribution < -0.4 is 0 Å². The summed E-state index contributed by atoms with van der Waals surface area (Å²) in [6.07, 6.45) is 2.28. The van der Waals surface area contributed by atoms with E-state index in [1.165, 1.54) is 31.5 Å². The Morgan fingerprint density at radius 1 is 1.29 bits per heavy atom. The lowest BCUT2D eigenvalue weighted by Crippen LogP contribution is -2.04. The van der Waals surface area contributed by atoms with Crippen molar-refractivity contribution in [3.8, 4) is 11.1 Å². The van der Waals surface area contributed by atoms with Crippen LogP contribution in [-0.4, -0.2) is 37.7 Å². The van der Waals surface area contributed by atoms with Gasteiger partial charge in [0.1, 0.15) is 10.7 Å². The first-order valence-electron chi connectivity index (χ1n) is 6.65. The van der Waals surface area contributed by atoms with Crippen LogP contribution >= 0.6 is 11.3 Å². The molecule has 0 N–H and O–H groups in total. The molecule has 0 spiro atoms. The third-order valence-corrected chi connectivity index (χ3v) is 5.21. The zero-order valence-corrected chi connectivity index (χ0v) is 14.2. The molecule has 0 saturated heterocycles. The number of carbonyl (C=O) groups is 1. The van der Waals surface area contributed by atoms with Gasteiger partial charge in [0.2, 0.25) is 15.0 Å². The third kappa shape index (κ3) is 2.76. The normalized spacial score (nSPS) is 11.6.